The van der Waals surface area contributed by atoms with Crippen LogP contribution in [0, 0.1) is 0 Å². The molecule has 0 saturated carbocycles. The first-order valence-corrected chi connectivity index (χ1v) is 6.88. The molecule has 0 saturated heterocycles. The fourth-order valence-electron chi connectivity index (χ4n) is 1.66. The average molecular weight is 265 g/mol. The van der Waals surface area contributed by atoms with Crippen molar-refractivity contribution in [2.24, 2.45) is 0 Å². The molecule has 0 aliphatic rings. The standard InChI is InChI=1S/C14H13ClOS/c1-17-13-7-5-10(6-8-13)14(16)11-3-2-4-12(15)9-11/h2-9,14,16H,1H3/t14-/m1/s1. The zero-order valence-corrected chi connectivity index (χ0v) is 11.0. The Balaban J connectivity index is 2.27. The first-order valence-electron chi connectivity index (χ1n) is 5.28. The molecule has 0 radical (unpaired) electrons. The minimum Gasteiger partial charge on any atom is -0.384 e. The van der Waals surface area contributed by atoms with E-state index in [9.17, 15) is 5.11 Å². The molecule has 0 aliphatic carbocycles. The molecule has 0 spiro atoms. The highest BCUT2D eigenvalue weighted by molar-refractivity contribution is 7.98. The highest BCUT2D eigenvalue weighted by atomic mass is 35.5. The smallest absolute Gasteiger partial charge is 0.104 e. The molecule has 1 N–H and O–H groups in total. The summed E-state index contributed by atoms with van der Waals surface area (Å²) in [6.07, 6.45) is 1.41. The lowest BCUT2D eigenvalue weighted by atomic mass is 10.0. The topological polar surface area (TPSA) is 20.2 Å². The number of halogens is 1. The third-order valence-corrected chi connectivity index (χ3v) is 3.57. The van der Waals surface area contributed by atoms with Crippen LogP contribution in [0.1, 0.15) is 17.2 Å². The van der Waals surface area contributed by atoms with E-state index in [4.69, 9.17) is 11.6 Å². The van der Waals surface area contributed by atoms with Gasteiger partial charge >= 0.3 is 0 Å². The fraction of sp³-hybridized carbons (Fsp3) is 0.143. The molecular formula is C14H13ClOS. The average Bonchev–Trinajstić information content (AvgIpc) is 2.38. The zero-order valence-electron chi connectivity index (χ0n) is 9.43. The minimum absolute atomic E-state index is 0.621. The second kappa shape index (κ2) is 5.58. The predicted octanol–water partition coefficient (Wildman–Crippen LogP) is 4.14. The maximum absolute atomic E-state index is 10.2. The quantitative estimate of drug-likeness (QED) is 0.841. The van der Waals surface area contributed by atoms with E-state index in [1.54, 1.807) is 23.9 Å². The molecule has 0 unspecified atom stereocenters. The van der Waals surface area contributed by atoms with Gasteiger partial charge in [-0.05, 0) is 41.6 Å². The van der Waals surface area contributed by atoms with Crippen LogP contribution in [0.3, 0.4) is 0 Å². The highest BCUT2D eigenvalue weighted by Gasteiger charge is 2.10. The normalized spacial score (nSPS) is 12.4. The van der Waals surface area contributed by atoms with Crippen LogP contribution < -0.4 is 0 Å². The lowest BCUT2D eigenvalue weighted by Gasteiger charge is -2.12. The van der Waals surface area contributed by atoms with Gasteiger partial charge in [0.05, 0.1) is 0 Å². The minimum atomic E-state index is -0.621. The van der Waals surface area contributed by atoms with Crippen LogP contribution in [0.15, 0.2) is 53.4 Å². The van der Waals surface area contributed by atoms with E-state index >= 15 is 0 Å². The second-order valence-corrected chi connectivity index (χ2v) is 5.05. The van der Waals surface area contributed by atoms with Gasteiger partial charge in [-0.25, -0.2) is 0 Å². The van der Waals surface area contributed by atoms with Crippen LogP contribution in [-0.2, 0) is 0 Å². The van der Waals surface area contributed by atoms with Gasteiger partial charge in [0.2, 0.25) is 0 Å². The SMILES string of the molecule is CSc1ccc([C@@H](O)c2cccc(Cl)c2)cc1. The van der Waals surface area contributed by atoms with Gasteiger partial charge in [-0.15, -0.1) is 11.8 Å². The van der Waals surface area contributed by atoms with Crippen molar-refractivity contribution < 1.29 is 5.11 Å². The summed E-state index contributed by atoms with van der Waals surface area (Å²) in [4.78, 5) is 1.19. The summed E-state index contributed by atoms with van der Waals surface area (Å²) in [5, 5.41) is 10.9. The Morgan fingerprint density at radius 3 is 2.35 bits per heavy atom. The maximum atomic E-state index is 10.2. The van der Waals surface area contributed by atoms with E-state index in [2.05, 4.69) is 0 Å². The lowest BCUT2D eigenvalue weighted by molar-refractivity contribution is 0.220. The van der Waals surface area contributed by atoms with Gasteiger partial charge < -0.3 is 5.11 Å². The molecule has 0 aromatic heterocycles. The number of thioether (sulfide) groups is 1. The molecule has 88 valence electrons. The largest absolute Gasteiger partial charge is 0.384 e. The lowest BCUT2D eigenvalue weighted by Crippen LogP contribution is -1.99. The maximum Gasteiger partial charge on any atom is 0.104 e. The van der Waals surface area contributed by atoms with Gasteiger partial charge in [0.15, 0.2) is 0 Å². The van der Waals surface area contributed by atoms with Crippen LogP contribution >= 0.6 is 23.4 Å². The molecule has 0 aliphatic heterocycles. The molecule has 17 heavy (non-hydrogen) atoms. The molecule has 2 aromatic carbocycles. The highest BCUT2D eigenvalue weighted by Crippen LogP contribution is 2.25. The summed E-state index contributed by atoms with van der Waals surface area (Å²) in [7, 11) is 0. The van der Waals surface area contributed by atoms with Gasteiger partial charge in [0.1, 0.15) is 6.10 Å². The summed E-state index contributed by atoms with van der Waals surface area (Å²) in [6.45, 7) is 0. The number of aliphatic hydroxyl groups is 1. The Morgan fingerprint density at radius 1 is 1.06 bits per heavy atom. The first-order chi connectivity index (χ1) is 8.20. The molecular weight excluding hydrogens is 252 g/mol. The molecule has 0 heterocycles. The van der Waals surface area contributed by atoms with Crippen LogP contribution in [0.25, 0.3) is 0 Å². The third-order valence-electron chi connectivity index (χ3n) is 2.60. The van der Waals surface area contributed by atoms with E-state index < -0.39 is 6.10 Å². The van der Waals surface area contributed by atoms with Gasteiger partial charge in [-0.2, -0.15) is 0 Å². The van der Waals surface area contributed by atoms with Crippen molar-refractivity contribution in [1.82, 2.24) is 0 Å². The van der Waals surface area contributed by atoms with Crippen molar-refractivity contribution in [2.45, 2.75) is 11.0 Å². The molecule has 2 aromatic rings. The molecule has 2 rings (SSSR count). The molecule has 3 heteroatoms. The Kier molecular flexibility index (Phi) is 4.11. The number of rotatable bonds is 3. The molecule has 1 nitrogen and oxygen atoms in total. The van der Waals surface area contributed by atoms with Crippen LogP contribution in [-0.4, -0.2) is 11.4 Å². The van der Waals surface area contributed by atoms with E-state index in [1.165, 1.54) is 4.90 Å². The predicted molar refractivity (Wildman–Crippen MR) is 73.7 cm³/mol. The number of hydrogen-bond donors (Lipinski definition) is 1. The summed E-state index contributed by atoms with van der Waals surface area (Å²) in [5.74, 6) is 0. The summed E-state index contributed by atoms with van der Waals surface area (Å²) < 4.78 is 0. The van der Waals surface area contributed by atoms with Crippen molar-refractivity contribution in [3.8, 4) is 0 Å². The van der Waals surface area contributed by atoms with E-state index in [1.807, 2.05) is 42.7 Å². The summed E-state index contributed by atoms with van der Waals surface area (Å²) >= 11 is 7.59. The first kappa shape index (κ1) is 12.5. The van der Waals surface area contributed by atoms with Crippen molar-refractivity contribution in [3.05, 3.63) is 64.7 Å². The van der Waals surface area contributed by atoms with Gasteiger partial charge in [-0.3, -0.25) is 0 Å². The van der Waals surface area contributed by atoms with Gasteiger partial charge in [0.25, 0.3) is 0 Å². The number of hydrogen-bond acceptors (Lipinski definition) is 2. The Labute approximate surface area is 110 Å². The molecule has 1 atom stereocenters. The monoisotopic (exact) mass is 264 g/mol. The Morgan fingerprint density at radius 2 is 1.76 bits per heavy atom. The van der Waals surface area contributed by atoms with Gasteiger partial charge in [0, 0.05) is 9.92 Å². The van der Waals surface area contributed by atoms with Crippen molar-refractivity contribution in [1.29, 1.82) is 0 Å². The Hall–Kier alpha value is -0.960. The van der Waals surface area contributed by atoms with Crippen LogP contribution in [0.4, 0.5) is 0 Å². The molecule has 0 bridgehead atoms. The fourth-order valence-corrected chi connectivity index (χ4v) is 2.26. The van der Waals surface area contributed by atoms with Crippen molar-refractivity contribution in [2.75, 3.05) is 6.26 Å². The van der Waals surface area contributed by atoms with Crippen LogP contribution in [0.2, 0.25) is 5.02 Å². The van der Waals surface area contributed by atoms with E-state index in [-0.39, 0.29) is 0 Å². The van der Waals surface area contributed by atoms with Crippen LogP contribution in [0.5, 0.6) is 0 Å². The van der Waals surface area contributed by atoms with E-state index in [0.717, 1.165) is 11.1 Å². The van der Waals surface area contributed by atoms with Gasteiger partial charge in [-0.1, -0.05) is 35.9 Å². The summed E-state index contributed by atoms with van der Waals surface area (Å²) in [6, 6.07) is 15.2. The van der Waals surface area contributed by atoms with E-state index in [0.29, 0.717) is 5.02 Å². The molecule has 0 fully saturated rings. The Bertz CT molecular complexity index is 496. The summed E-state index contributed by atoms with van der Waals surface area (Å²) in [5.41, 5.74) is 1.69. The molecule has 0 amide bonds. The second-order valence-electron chi connectivity index (χ2n) is 3.73. The number of aliphatic hydroxyl groups excluding tert-OH is 1. The van der Waals surface area contributed by atoms with Crippen molar-refractivity contribution >= 4 is 23.4 Å². The zero-order chi connectivity index (χ0) is 12.3. The third kappa shape index (κ3) is 3.03. The van der Waals surface area contributed by atoms with Crippen molar-refractivity contribution in [3.63, 3.8) is 0 Å². The number of benzene rings is 2.